The highest BCUT2D eigenvalue weighted by Crippen LogP contribution is 2.17. The van der Waals surface area contributed by atoms with Gasteiger partial charge in [0.05, 0.1) is 13.2 Å². The number of anilines is 2. The minimum absolute atomic E-state index is 0.0780. The lowest BCUT2D eigenvalue weighted by Gasteiger charge is -2.26. The van der Waals surface area contributed by atoms with Crippen LogP contribution in [0.5, 0.6) is 0 Å². The van der Waals surface area contributed by atoms with Crippen molar-refractivity contribution in [1.29, 1.82) is 0 Å². The Morgan fingerprint density at radius 3 is 2.52 bits per heavy atom. The van der Waals surface area contributed by atoms with Gasteiger partial charge in [0.15, 0.2) is 0 Å². The first-order valence-electron chi connectivity index (χ1n) is 7.68. The number of hydrogen-bond donors (Lipinski definition) is 1. The zero-order chi connectivity index (χ0) is 16.2. The second-order valence-electron chi connectivity index (χ2n) is 5.58. The van der Waals surface area contributed by atoms with E-state index in [0.717, 1.165) is 5.69 Å². The van der Waals surface area contributed by atoms with E-state index >= 15 is 0 Å². The number of aromatic nitrogens is 2. The molecule has 23 heavy (non-hydrogen) atoms. The third kappa shape index (κ3) is 3.84. The van der Waals surface area contributed by atoms with Gasteiger partial charge in [-0.3, -0.25) is 4.79 Å². The highest BCUT2D eigenvalue weighted by Gasteiger charge is 2.20. The predicted molar refractivity (Wildman–Crippen MR) is 88.0 cm³/mol. The molecule has 1 aliphatic rings. The Kier molecular flexibility index (Phi) is 4.52. The number of amides is 1. The Balaban J connectivity index is 1.80. The van der Waals surface area contributed by atoms with Gasteiger partial charge in [-0.05, 0) is 26.0 Å². The Labute approximate surface area is 135 Å². The molecular formula is C17H20N4O2. The molecule has 6 heteroatoms. The van der Waals surface area contributed by atoms with E-state index in [-0.39, 0.29) is 5.91 Å². The number of nitrogens with one attached hydrogen (secondary N) is 1. The standard InChI is InChI=1S/C17H20N4O2/c1-12-3-5-14(6-4-12)20-16-11-15(18-13(2)19-16)17(22)21-7-9-23-10-8-21/h3-6,11H,7-10H2,1-2H3,(H,18,19,20). The van der Waals surface area contributed by atoms with Crippen molar-refractivity contribution in [3.63, 3.8) is 0 Å². The molecule has 1 aromatic heterocycles. The molecule has 6 nitrogen and oxygen atoms in total. The summed E-state index contributed by atoms with van der Waals surface area (Å²) in [6, 6.07) is 9.71. The van der Waals surface area contributed by atoms with Gasteiger partial charge in [-0.2, -0.15) is 0 Å². The lowest BCUT2D eigenvalue weighted by Crippen LogP contribution is -2.41. The maximum absolute atomic E-state index is 12.6. The minimum Gasteiger partial charge on any atom is -0.378 e. The number of morpholine rings is 1. The largest absolute Gasteiger partial charge is 0.378 e. The van der Waals surface area contributed by atoms with E-state index in [1.165, 1.54) is 5.56 Å². The fourth-order valence-corrected chi connectivity index (χ4v) is 2.45. The molecule has 0 atom stereocenters. The van der Waals surface area contributed by atoms with E-state index in [0.29, 0.717) is 43.6 Å². The van der Waals surface area contributed by atoms with Crippen LogP contribution in [0.1, 0.15) is 21.9 Å². The van der Waals surface area contributed by atoms with E-state index in [9.17, 15) is 4.79 Å². The molecule has 120 valence electrons. The highest BCUT2D eigenvalue weighted by molar-refractivity contribution is 5.93. The van der Waals surface area contributed by atoms with Crippen LogP contribution in [0.3, 0.4) is 0 Å². The van der Waals surface area contributed by atoms with Crippen molar-refractivity contribution >= 4 is 17.4 Å². The van der Waals surface area contributed by atoms with Crippen LogP contribution in [0, 0.1) is 13.8 Å². The summed E-state index contributed by atoms with van der Waals surface area (Å²) < 4.78 is 5.28. The number of ether oxygens (including phenoxy) is 1. The van der Waals surface area contributed by atoms with E-state index in [1.807, 2.05) is 31.2 Å². The van der Waals surface area contributed by atoms with Crippen LogP contribution in [-0.2, 0) is 4.74 Å². The number of carbonyl (C=O) groups excluding carboxylic acids is 1. The maximum Gasteiger partial charge on any atom is 0.272 e. The fraction of sp³-hybridized carbons (Fsp3) is 0.353. The lowest BCUT2D eigenvalue weighted by molar-refractivity contribution is 0.0299. The SMILES string of the molecule is Cc1ccc(Nc2cc(C(=O)N3CCOCC3)nc(C)n2)cc1. The van der Waals surface area contributed by atoms with Gasteiger partial charge in [-0.25, -0.2) is 9.97 Å². The summed E-state index contributed by atoms with van der Waals surface area (Å²) in [5, 5.41) is 3.22. The van der Waals surface area contributed by atoms with Gasteiger partial charge in [0.1, 0.15) is 17.3 Å². The van der Waals surface area contributed by atoms with Crippen LogP contribution < -0.4 is 5.32 Å². The van der Waals surface area contributed by atoms with Crippen molar-refractivity contribution in [3.05, 3.63) is 47.4 Å². The Morgan fingerprint density at radius 2 is 1.83 bits per heavy atom. The number of carbonyl (C=O) groups is 1. The highest BCUT2D eigenvalue weighted by atomic mass is 16.5. The third-order valence-electron chi connectivity index (χ3n) is 3.68. The molecule has 0 bridgehead atoms. The van der Waals surface area contributed by atoms with E-state index in [2.05, 4.69) is 15.3 Å². The summed E-state index contributed by atoms with van der Waals surface area (Å²) in [7, 11) is 0. The number of nitrogens with zero attached hydrogens (tertiary/aromatic N) is 3. The van der Waals surface area contributed by atoms with E-state index in [4.69, 9.17) is 4.74 Å². The van der Waals surface area contributed by atoms with Gasteiger partial charge < -0.3 is 15.0 Å². The summed E-state index contributed by atoms with van der Waals surface area (Å²) >= 11 is 0. The molecule has 0 unspecified atom stereocenters. The summed E-state index contributed by atoms with van der Waals surface area (Å²) in [6.45, 7) is 6.17. The average Bonchev–Trinajstić information content (AvgIpc) is 2.56. The molecule has 1 N–H and O–H groups in total. The van der Waals surface area contributed by atoms with Gasteiger partial charge in [0.25, 0.3) is 5.91 Å². The first kappa shape index (κ1) is 15.4. The molecule has 0 aliphatic carbocycles. The predicted octanol–water partition coefficient (Wildman–Crippen LogP) is 2.31. The van der Waals surface area contributed by atoms with Crippen molar-refractivity contribution in [1.82, 2.24) is 14.9 Å². The molecule has 2 aromatic rings. The smallest absolute Gasteiger partial charge is 0.272 e. The monoisotopic (exact) mass is 312 g/mol. The summed E-state index contributed by atoms with van der Waals surface area (Å²) in [6.07, 6.45) is 0. The van der Waals surface area contributed by atoms with E-state index < -0.39 is 0 Å². The topological polar surface area (TPSA) is 67.4 Å². The normalized spacial score (nSPS) is 14.6. The molecule has 1 fully saturated rings. The van der Waals surface area contributed by atoms with Gasteiger partial charge in [0, 0.05) is 24.8 Å². The number of rotatable bonds is 3. The first-order valence-corrected chi connectivity index (χ1v) is 7.68. The zero-order valence-corrected chi connectivity index (χ0v) is 13.4. The fourth-order valence-electron chi connectivity index (χ4n) is 2.45. The molecule has 1 amide bonds. The zero-order valence-electron chi connectivity index (χ0n) is 13.4. The van der Waals surface area contributed by atoms with Crippen molar-refractivity contribution in [2.75, 3.05) is 31.6 Å². The second-order valence-corrected chi connectivity index (χ2v) is 5.58. The molecule has 2 heterocycles. The van der Waals surface area contributed by atoms with Crippen LogP contribution in [0.15, 0.2) is 30.3 Å². The van der Waals surface area contributed by atoms with Crippen molar-refractivity contribution < 1.29 is 9.53 Å². The summed E-state index contributed by atoms with van der Waals surface area (Å²) in [5.74, 6) is 1.11. The Morgan fingerprint density at radius 1 is 1.13 bits per heavy atom. The molecule has 1 aromatic carbocycles. The van der Waals surface area contributed by atoms with Gasteiger partial charge in [-0.15, -0.1) is 0 Å². The third-order valence-corrected chi connectivity index (χ3v) is 3.68. The molecule has 0 radical (unpaired) electrons. The number of aryl methyl sites for hydroxylation is 2. The second kappa shape index (κ2) is 6.75. The van der Waals surface area contributed by atoms with Crippen LogP contribution in [0.2, 0.25) is 0 Å². The number of benzene rings is 1. The molecular weight excluding hydrogens is 292 g/mol. The van der Waals surface area contributed by atoms with Gasteiger partial charge in [0.2, 0.25) is 0 Å². The average molecular weight is 312 g/mol. The van der Waals surface area contributed by atoms with Crippen LogP contribution in [0.25, 0.3) is 0 Å². The summed E-state index contributed by atoms with van der Waals surface area (Å²) in [4.78, 5) is 23.0. The van der Waals surface area contributed by atoms with Gasteiger partial charge in [-0.1, -0.05) is 17.7 Å². The quantitative estimate of drug-likeness (QED) is 0.942. The summed E-state index contributed by atoms with van der Waals surface area (Å²) in [5.41, 5.74) is 2.53. The first-order chi connectivity index (χ1) is 11.1. The lowest BCUT2D eigenvalue weighted by atomic mass is 10.2. The molecule has 3 rings (SSSR count). The number of hydrogen-bond acceptors (Lipinski definition) is 5. The van der Waals surface area contributed by atoms with Crippen LogP contribution in [-0.4, -0.2) is 47.1 Å². The molecule has 1 aliphatic heterocycles. The van der Waals surface area contributed by atoms with Crippen molar-refractivity contribution in [3.8, 4) is 0 Å². The van der Waals surface area contributed by atoms with Crippen LogP contribution >= 0.6 is 0 Å². The Hall–Kier alpha value is -2.47. The molecule has 0 saturated carbocycles. The van der Waals surface area contributed by atoms with Crippen molar-refractivity contribution in [2.24, 2.45) is 0 Å². The minimum atomic E-state index is -0.0780. The van der Waals surface area contributed by atoms with E-state index in [1.54, 1.807) is 17.9 Å². The van der Waals surface area contributed by atoms with Gasteiger partial charge >= 0.3 is 0 Å². The Bertz CT molecular complexity index is 694. The van der Waals surface area contributed by atoms with Crippen molar-refractivity contribution in [2.45, 2.75) is 13.8 Å². The maximum atomic E-state index is 12.6. The molecule has 1 saturated heterocycles. The molecule has 0 spiro atoms. The van der Waals surface area contributed by atoms with Crippen LogP contribution in [0.4, 0.5) is 11.5 Å².